The van der Waals surface area contributed by atoms with Crippen LogP contribution >= 0.6 is 0 Å². The Labute approximate surface area is 98.6 Å². The Morgan fingerprint density at radius 3 is 2.44 bits per heavy atom. The summed E-state index contributed by atoms with van der Waals surface area (Å²) in [5, 5.41) is 3.36. The Bertz CT molecular complexity index is 253. The molecule has 1 N–H and O–H groups in total. The van der Waals surface area contributed by atoms with Gasteiger partial charge in [0.25, 0.3) is 0 Å². The standard InChI is InChI=1S/C13H24N2O/c1-13(2,15-8-6-14-7-9-15)10-12(16)11-4-3-5-11/h11,14H,3-10H2,1-2H3. The summed E-state index contributed by atoms with van der Waals surface area (Å²) < 4.78 is 0. The van der Waals surface area contributed by atoms with Crippen molar-refractivity contribution in [2.75, 3.05) is 26.2 Å². The summed E-state index contributed by atoms with van der Waals surface area (Å²) in [6, 6.07) is 0. The molecule has 0 radical (unpaired) electrons. The fourth-order valence-corrected chi connectivity index (χ4v) is 2.68. The van der Waals surface area contributed by atoms with Gasteiger partial charge in [-0.3, -0.25) is 9.69 Å². The first-order valence-electron chi connectivity index (χ1n) is 6.58. The van der Waals surface area contributed by atoms with Crippen molar-refractivity contribution >= 4 is 5.78 Å². The van der Waals surface area contributed by atoms with Crippen molar-refractivity contribution in [1.82, 2.24) is 10.2 Å². The van der Waals surface area contributed by atoms with Gasteiger partial charge in [0.1, 0.15) is 5.78 Å². The molecule has 0 aromatic rings. The highest BCUT2D eigenvalue weighted by atomic mass is 16.1. The molecule has 1 aliphatic carbocycles. The van der Waals surface area contributed by atoms with Gasteiger partial charge in [-0.25, -0.2) is 0 Å². The zero-order valence-electron chi connectivity index (χ0n) is 10.6. The van der Waals surface area contributed by atoms with Gasteiger partial charge in [-0.15, -0.1) is 0 Å². The van der Waals surface area contributed by atoms with Crippen LogP contribution in [0.4, 0.5) is 0 Å². The molecule has 0 bridgehead atoms. The number of carbonyl (C=O) groups is 1. The maximum Gasteiger partial charge on any atom is 0.137 e. The minimum atomic E-state index is 0.0504. The van der Waals surface area contributed by atoms with Crippen molar-refractivity contribution in [3.8, 4) is 0 Å². The topological polar surface area (TPSA) is 32.3 Å². The number of ketones is 1. The van der Waals surface area contributed by atoms with E-state index >= 15 is 0 Å². The van der Waals surface area contributed by atoms with Gasteiger partial charge < -0.3 is 5.32 Å². The van der Waals surface area contributed by atoms with Crippen LogP contribution < -0.4 is 5.32 Å². The minimum Gasteiger partial charge on any atom is -0.314 e. The summed E-state index contributed by atoms with van der Waals surface area (Å²) in [6.45, 7) is 8.70. The third-order valence-corrected chi connectivity index (χ3v) is 4.14. The lowest BCUT2D eigenvalue weighted by molar-refractivity contribution is -0.127. The molecule has 2 fully saturated rings. The van der Waals surface area contributed by atoms with Crippen molar-refractivity contribution in [3.63, 3.8) is 0 Å². The SMILES string of the molecule is CC(C)(CC(=O)C1CCC1)N1CCNCC1. The van der Waals surface area contributed by atoms with Gasteiger partial charge in [-0.1, -0.05) is 6.42 Å². The summed E-state index contributed by atoms with van der Waals surface area (Å²) in [7, 11) is 0. The summed E-state index contributed by atoms with van der Waals surface area (Å²) in [6.07, 6.45) is 4.26. The van der Waals surface area contributed by atoms with Gasteiger partial charge in [-0.05, 0) is 26.7 Å². The van der Waals surface area contributed by atoms with E-state index in [1.807, 2.05) is 0 Å². The normalized spacial score (nSPS) is 24.1. The van der Waals surface area contributed by atoms with E-state index in [2.05, 4.69) is 24.1 Å². The molecule has 1 saturated heterocycles. The second-order valence-electron chi connectivity index (χ2n) is 5.82. The van der Waals surface area contributed by atoms with Crippen LogP contribution in [0.2, 0.25) is 0 Å². The highest BCUT2D eigenvalue weighted by molar-refractivity contribution is 5.82. The van der Waals surface area contributed by atoms with E-state index in [0.29, 0.717) is 11.7 Å². The molecule has 2 rings (SSSR count). The Balaban J connectivity index is 1.87. The Hall–Kier alpha value is -0.410. The molecule has 0 amide bonds. The number of hydrogen-bond donors (Lipinski definition) is 1. The molecule has 3 heteroatoms. The Morgan fingerprint density at radius 1 is 1.31 bits per heavy atom. The van der Waals surface area contributed by atoms with Crippen LogP contribution in [-0.2, 0) is 4.79 Å². The molecule has 1 saturated carbocycles. The van der Waals surface area contributed by atoms with Gasteiger partial charge in [0.05, 0.1) is 0 Å². The van der Waals surface area contributed by atoms with E-state index in [9.17, 15) is 4.79 Å². The molecular formula is C13H24N2O. The molecule has 0 unspecified atom stereocenters. The maximum atomic E-state index is 12.0. The summed E-state index contributed by atoms with van der Waals surface area (Å²) >= 11 is 0. The van der Waals surface area contributed by atoms with Gasteiger partial charge in [0.2, 0.25) is 0 Å². The van der Waals surface area contributed by atoms with Crippen LogP contribution in [0.15, 0.2) is 0 Å². The van der Waals surface area contributed by atoms with Crippen LogP contribution in [0.5, 0.6) is 0 Å². The van der Waals surface area contributed by atoms with Gasteiger partial charge in [-0.2, -0.15) is 0 Å². The van der Waals surface area contributed by atoms with Crippen LogP contribution in [0.1, 0.15) is 39.5 Å². The highest BCUT2D eigenvalue weighted by Crippen LogP contribution is 2.31. The highest BCUT2D eigenvalue weighted by Gasteiger charge is 2.34. The average molecular weight is 224 g/mol. The molecule has 3 nitrogen and oxygen atoms in total. The molecule has 0 aromatic carbocycles. The van der Waals surface area contributed by atoms with E-state index in [4.69, 9.17) is 0 Å². The zero-order valence-corrected chi connectivity index (χ0v) is 10.6. The molecule has 2 aliphatic rings. The minimum absolute atomic E-state index is 0.0504. The zero-order chi connectivity index (χ0) is 11.6. The van der Waals surface area contributed by atoms with Gasteiger partial charge in [0, 0.05) is 44.1 Å². The second-order valence-corrected chi connectivity index (χ2v) is 5.82. The number of carbonyl (C=O) groups excluding carboxylic acids is 1. The number of rotatable bonds is 4. The number of piperazine rings is 1. The molecule has 1 heterocycles. The summed E-state index contributed by atoms with van der Waals surface area (Å²) in [5.74, 6) is 0.886. The van der Waals surface area contributed by atoms with E-state index in [1.165, 1.54) is 6.42 Å². The third-order valence-electron chi connectivity index (χ3n) is 4.14. The van der Waals surface area contributed by atoms with E-state index in [1.54, 1.807) is 0 Å². The van der Waals surface area contributed by atoms with E-state index in [0.717, 1.165) is 45.4 Å². The predicted molar refractivity (Wildman–Crippen MR) is 65.5 cm³/mol. The lowest BCUT2D eigenvalue weighted by Crippen LogP contribution is -2.54. The van der Waals surface area contributed by atoms with Crippen LogP contribution in [0, 0.1) is 5.92 Å². The first-order valence-corrected chi connectivity index (χ1v) is 6.58. The molecule has 16 heavy (non-hydrogen) atoms. The number of Topliss-reactive ketones (excluding diaryl/α,β-unsaturated/α-hetero) is 1. The lowest BCUT2D eigenvalue weighted by atomic mass is 9.78. The number of nitrogens with one attached hydrogen (secondary N) is 1. The van der Waals surface area contributed by atoms with Gasteiger partial charge >= 0.3 is 0 Å². The van der Waals surface area contributed by atoms with Crippen LogP contribution in [-0.4, -0.2) is 42.4 Å². The Morgan fingerprint density at radius 2 is 1.94 bits per heavy atom. The predicted octanol–water partition coefficient (Wildman–Crippen LogP) is 1.43. The first-order chi connectivity index (χ1) is 7.59. The maximum absolute atomic E-state index is 12.0. The molecule has 92 valence electrons. The van der Waals surface area contributed by atoms with Crippen LogP contribution in [0.25, 0.3) is 0 Å². The lowest BCUT2D eigenvalue weighted by Gasteiger charge is -2.42. The average Bonchev–Trinajstić information content (AvgIpc) is 2.15. The largest absolute Gasteiger partial charge is 0.314 e. The summed E-state index contributed by atoms with van der Waals surface area (Å²) in [4.78, 5) is 14.5. The smallest absolute Gasteiger partial charge is 0.137 e. The van der Waals surface area contributed by atoms with E-state index in [-0.39, 0.29) is 5.54 Å². The van der Waals surface area contributed by atoms with Crippen molar-refractivity contribution < 1.29 is 4.79 Å². The molecule has 1 aliphatic heterocycles. The summed E-state index contributed by atoms with van der Waals surface area (Å²) in [5.41, 5.74) is 0.0504. The molecule has 0 aromatic heterocycles. The quantitative estimate of drug-likeness (QED) is 0.784. The molecular weight excluding hydrogens is 200 g/mol. The number of nitrogens with zero attached hydrogens (tertiary/aromatic N) is 1. The first kappa shape index (κ1) is 12.1. The van der Waals surface area contributed by atoms with Gasteiger partial charge in [0.15, 0.2) is 0 Å². The second kappa shape index (κ2) is 4.84. The third kappa shape index (κ3) is 2.64. The van der Waals surface area contributed by atoms with Crippen molar-refractivity contribution in [1.29, 1.82) is 0 Å². The van der Waals surface area contributed by atoms with Crippen LogP contribution in [0.3, 0.4) is 0 Å². The van der Waals surface area contributed by atoms with Crippen molar-refractivity contribution in [2.24, 2.45) is 5.92 Å². The number of hydrogen-bond acceptors (Lipinski definition) is 3. The van der Waals surface area contributed by atoms with Crippen molar-refractivity contribution in [2.45, 2.75) is 45.1 Å². The van der Waals surface area contributed by atoms with E-state index < -0.39 is 0 Å². The molecule has 0 atom stereocenters. The van der Waals surface area contributed by atoms with Crippen molar-refractivity contribution in [3.05, 3.63) is 0 Å². The fraction of sp³-hybridized carbons (Fsp3) is 0.923. The monoisotopic (exact) mass is 224 g/mol. The Kier molecular flexibility index (Phi) is 3.65. The molecule has 0 spiro atoms. The fourth-order valence-electron chi connectivity index (χ4n) is 2.68.